The lowest BCUT2D eigenvalue weighted by molar-refractivity contribution is -0.146. The molecule has 0 bridgehead atoms. The third kappa shape index (κ3) is 4.59. The molecule has 0 saturated carbocycles. The lowest BCUT2D eigenvalue weighted by Gasteiger charge is -2.27. The van der Waals surface area contributed by atoms with Crippen LogP contribution in [0.4, 0.5) is 10.5 Å². The van der Waals surface area contributed by atoms with Crippen LogP contribution in [0, 0.1) is 0 Å². The van der Waals surface area contributed by atoms with Gasteiger partial charge >= 0.3 is 12.1 Å². The zero-order valence-electron chi connectivity index (χ0n) is 15.9. The second kappa shape index (κ2) is 8.26. The Kier molecular flexibility index (Phi) is 6.48. The summed E-state index contributed by atoms with van der Waals surface area (Å²) in [7, 11) is -2.19. The van der Waals surface area contributed by atoms with Crippen molar-refractivity contribution in [2.24, 2.45) is 0 Å². The van der Waals surface area contributed by atoms with E-state index < -0.39 is 32.8 Å². The Labute approximate surface area is 159 Å². The van der Waals surface area contributed by atoms with E-state index in [-0.39, 0.29) is 19.6 Å². The largest absolute Gasteiger partial charge is 0.465 e. The average molecular weight is 399 g/mol. The fourth-order valence-electron chi connectivity index (χ4n) is 2.88. The maximum atomic E-state index is 12.3. The van der Waals surface area contributed by atoms with Crippen molar-refractivity contribution in [1.82, 2.24) is 0 Å². The smallest absolute Gasteiger partial charge is 0.414 e. The van der Waals surface area contributed by atoms with E-state index in [2.05, 4.69) is 0 Å². The third-order valence-electron chi connectivity index (χ3n) is 4.58. The van der Waals surface area contributed by atoms with Crippen LogP contribution in [-0.2, 0) is 35.4 Å². The number of sulfone groups is 1. The zero-order valence-corrected chi connectivity index (χ0v) is 16.7. The summed E-state index contributed by atoms with van der Waals surface area (Å²) in [5.74, 6) is -0.842. The number of esters is 1. The molecule has 1 aromatic rings. The Hall–Kier alpha value is -2.13. The highest BCUT2D eigenvalue weighted by molar-refractivity contribution is 7.92. The van der Waals surface area contributed by atoms with Crippen LogP contribution < -0.4 is 4.90 Å². The first-order valence-electron chi connectivity index (χ1n) is 8.55. The number of carbonyl (C=O) groups excluding carboxylic acids is 2. The Balaban J connectivity index is 2.16. The standard InChI is InChI=1S/C18H25NO7S/c1-5-25-16(20)18(2,27(4,22)23)10-15-11-19(17(21)26-15)14-8-6-13(7-9-14)12-24-3/h6-9,15H,5,10-12H2,1-4H3. The van der Waals surface area contributed by atoms with Gasteiger partial charge in [-0.2, -0.15) is 0 Å². The Morgan fingerprint density at radius 2 is 1.96 bits per heavy atom. The Morgan fingerprint density at radius 3 is 2.48 bits per heavy atom. The lowest BCUT2D eigenvalue weighted by atomic mass is 10.0. The van der Waals surface area contributed by atoms with Gasteiger partial charge in [0.05, 0.1) is 19.8 Å². The van der Waals surface area contributed by atoms with Crippen LogP contribution in [0.5, 0.6) is 0 Å². The van der Waals surface area contributed by atoms with Crippen LogP contribution in [0.3, 0.4) is 0 Å². The summed E-state index contributed by atoms with van der Waals surface area (Å²) < 4.78 is 38.0. The van der Waals surface area contributed by atoms with E-state index in [0.29, 0.717) is 12.3 Å². The molecule has 1 aliphatic heterocycles. The molecule has 1 fully saturated rings. The van der Waals surface area contributed by atoms with Crippen molar-refractivity contribution >= 4 is 27.6 Å². The van der Waals surface area contributed by atoms with Gasteiger partial charge in [-0.1, -0.05) is 12.1 Å². The number of anilines is 1. The molecule has 0 aromatic heterocycles. The van der Waals surface area contributed by atoms with Gasteiger partial charge < -0.3 is 14.2 Å². The van der Waals surface area contributed by atoms with Crippen LogP contribution in [0.25, 0.3) is 0 Å². The monoisotopic (exact) mass is 399 g/mol. The van der Waals surface area contributed by atoms with Gasteiger partial charge in [0.15, 0.2) is 14.6 Å². The molecule has 2 rings (SSSR count). The number of nitrogens with zero attached hydrogens (tertiary/aromatic N) is 1. The highest BCUT2D eigenvalue weighted by atomic mass is 32.2. The lowest BCUT2D eigenvalue weighted by Crippen LogP contribution is -2.47. The first kappa shape index (κ1) is 21.2. The van der Waals surface area contributed by atoms with Gasteiger partial charge in [-0.25, -0.2) is 13.2 Å². The SMILES string of the molecule is CCOC(=O)C(C)(CC1CN(c2ccc(COC)cc2)C(=O)O1)S(C)(=O)=O. The number of rotatable bonds is 8. The molecule has 1 saturated heterocycles. The van der Waals surface area contributed by atoms with Crippen molar-refractivity contribution < 1.29 is 32.2 Å². The predicted octanol–water partition coefficient (Wildman–Crippen LogP) is 1.91. The maximum absolute atomic E-state index is 12.3. The highest BCUT2D eigenvalue weighted by Gasteiger charge is 2.49. The molecule has 0 N–H and O–H groups in total. The number of hydrogen-bond donors (Lipinski definition) is 0. The van der Waals surface area contributed by atoms with E-state index in [1.54, 1.807) is 26.2 Å². The normalized spacial score (nSPS) is 19.5. The van der Waals surface area contributed by atoms with Crippen LogP contribution >= 0.6 is 0 Å². The molecule has 0 aliphatic carbocycles. The quantitative estimate of drug-likeness (QED) is 0.616. The summed E-state index contributed by atoms with van der Waals surface area (Å²) >= 11 is 0. The minimum atomic E-state index is -3.78. The van der Waals surface area contributed by atoms with Crippen LogP contribution in [0.1, 0.15) is 25.8 Å². The zero-order chi connectivity index (χ0) is 20.2. The molecule has 8 nitrogen and oxygen atoms in total. The highest BCUT2D eigenvalue weighted by Crippen LogP contribution is 2.30. The molecule has 150 valence electrons. The molecule has 1 aliphatic rings. The van der Waals surface area contributed by atoms with Crippen molar-refractivity contribution in [2.75, 3.05) is 31.4 Å². The number of ether oxygens (including phenoxy) is 3. The van der Waals surface area contributed by atoms with E-state index in [1.165, 1.54) is 11.8 Å². The summed E-state index contributed by atoms with van der Waals surface area (Å²) in [4.78, 5) is 25.9. The van der Waals surface area contributed by atoms with Crippen molar-refractivity contribution in [1.29, 1.82) is 0 Å². The second-order valence-electron chi connectivity index (χ2n) is 6.64. The van der Waals surface area contributed by atoms with Gasteiger partial charge in [-0.05, 0) is 31.5 Å². The number of carbonyl (C=O) groups is 2. The van der Waals surface area contributed by atoms with Gasteiger partial charge in [0.25, 0.3) is 0 Å². The number of cyclic esters (lactones) is 1. The summed E-state index contributed by atoms with van der Waals surface area (Å²) in [6.07, 6.45) is -0.527. The molecular weight excluding hydrogens is 374 g/mol. The molecule has 2 unspecified atom stereocenters. The first-order valence-corrected chi connectivity index (χ1v) is 10.4. The Morgan fingerprint density at radius 1 is 1.33 bits per heavy atom. The third-order valence-corrected chi connectivity index (χ3v) is 6.55. The summed E-state index contributed by atoms with van der Waals surface area (Å²) in [6, 6.07) is 7.19. The Bertz CT molecular complexity index is 790. The summed E-state index contributed by atoms with van der Waals surface area (Å²) in [5, 5.41) is 0. The predicted molar refractivity (Wildman–Crippen MR) is 99.3 cm³/mol. The van der Waals surface area contributed by atoms with Crippen molar-refractivity contribution in [2.45, 2.75) is 37.7 Å². The van der Waals surface area contributed by atoms with E-state index in [1.807, 2.05) is 12.1 Å². The van der Waals surface area contributed by atoms with Crippen molar-refractivity contribution in [3.8, 4) is 0 Å². The fourth-order valence-corrected chi connectivity index (χ4v) is 3.73. The fraction of sp³-hybridized carbons (Fsp3) is 0.556. The molecule has 1 amide bonds. The number of benzene rings is 1. The summed E-state index contributed by atoms with van der Waals surface area (Å²) in [6.45, 7) is 3.57. The van der Waals surface area contributed by atoms with Crippen molar-refractivity contribution in [3.05, 3.63) is 29.8 Å². The molecule has 27 heavy (non-hydrogen) atoms. The minimum Gasteiger partial charge on any atom is -0.465 e. The molecular formula is C18H25NO7S. The number of amides is 1. The molecule has 9 heteroatoms. The molecule has 1 heterocycles. The van der Waals surface area contributed by atoms with Crippen LogP contribution in [-0.4, -0.2) is 57.8 Å². The molecule has 0 radical (unpaired) electrons. The van der Waals surface area contributed by atoms with Gasteiger partial charge in [0.2, 0.25) is 0 Å². The molecule has 1 aromatic carbocycles. The van der Waals surface area contributed by atoms with Gasteiger partial charge in [-0.3, -0.25) is 9.69 Å². The number of methoxy groups -OCH3 is 1. The van der Waals surface area contributed by atoms with Crippen molar-refractivity contribution in [3.63, 3.8) is 0 Å². The van der Waals surface area contributed by atoms with Crippen LogP contribution in [0.15, 0.2) is 24.3 Å². The van der Waals surface area contributed by atoms with Crippen LogP contribution in [0.2, 0.25) is 0 Å². The minimum absolute atomic E-state index is 0.0638. The average Bonchev–Trinajstić information content (AvgIpc) is 2.95. The number of hydrogen-bond acceptors (Lipinski definition) is 7. The van der Waals surface area contributed by atoms with E-state index in [9.17, 15) is 18.0 Å². The van der Waals surface area contributed by atoms with Gasteiger partial charge in [0.1, 0.15) is 6.10 Å². The molecule has 0 spiro atoms. The van der Waals surface area contributed by atoms with E-state index >= 15 is 0 Å². The second-order valence-corrected chi connectivity index (χ2v) is 9.09. The van der Waals surface area contributed by atoms with E-state index in [0.717, 1.165) is 11.8 Å². The summed E-state index contributed by atoms with van der Waals surface area (Å²) in [5.41, 5.74) is 1.58. The van der Waals surface area contributed by atoms with Gasteiger partial charge in [-0.15, -0.1) is 0 Å². The van der Waals surface area contributed by atoms with E-state index in [4.69, 9.17) is 14.2 Å². The maximum Gasteiger partial charge on any atom is 0.414 e. The van der Waals surface area contributed by atoms with Gasteiger partial charge in [0, 0.05) is 25.5 Å². The topological polar surface area (TPSA) is 99.2 Å². The molecule has 2 atom stereocenters. The first-order chi connectivity index (χ1) is 12.6.